The molecule has 1 amide bonds. The van der Waals surface area contributed by atoms with Crippen LogP contribution in [-0.2, 0) is 11.3 Å². The number of thiocarbonyl (C=S) groups is 1. The first kappa shape index (κ1) is 26.5. The highest BCUT2D eigenvalue weighted by atomic mass is 32.2. The first-order valence-electron chi connectivity index (χ1n) is 12.5. The minimum absolute atomic E-state index is 0.0733. The lowest BCUT2D eigenvalue weighted by Crippen LogP contribution is -2.39. The zero-order valence-corrected chi connectivity index (χ0v) is 22.5. The average Bonchev–Trinajstić information content (AvgIpc) is 3.08. The summed E-state index contributed by atoms with van der Waals surface area (Å²) >= 11 is 6.86. The van der Waals surface area contributed by atoms with Gasteiger partial charge in [0.1, 0.15) is 21.8 Å². The van der Waals surface area contributed by atoms with Crippen LogP contribution in [0.3, 0.4) is 0 Å². The Labute approximate surface area is 213 Å². The molecule has 3 rings (SSSR count). The second-order valence-electron chi connectivity index (χ2n) is 9.32. The normalized spacial score (nSPS) is 18.3. The fourth-order valence-electron chi connectivity index (χ4n) is 4.70. The topological polar surface area (TPSA) is 69.3 Å². The van der Waals surface area contributed by atoms with Crippen molar-refractivity contribution in [2.24, 2.45) is 5.92 Å². The number of rotatable bonds is 9. The minimum atomic E-state index is -0.257. The molecule has 0 aliphatic carbocycles. The zero-order valence-electron chi connectivity index (χ0n) is 20.9. The van der Waals surface area contributed by atoms with Crippen molar-refractivity contribution in [3.05, 3.63) is 31.9 Å². The quantitative estimate of drug-likeness (QED) is 0.255. The number of nitrogens with zero attached hydrogens (tertiary/aromatic N) is 4. The predicted octanol–water partition coefficient (Wildman–Crippen LogP) is 5.46. The Morgan fingerprint density at radius 2 is 1.82 bits per heavy atom. The summed E-state index contributed by atoms with van der Waals surface area (Å²) in [6, 6.07) is 2.11. The number of nitriles is 1. The number of aromatic nitrogens is 1. The highest BCUT2D eigenvalue weighted by molar-refractivity contribution is 8.26. The fourth-order valence-corrected chi connectivity index (χ4v) is 5.99. The van der Waals surface area contributed by atoms with Crippen molar-refractivity contribution in [1.82, 2.24) is 9.47 Å². The van der Waals surface area contributed by atoms with Crippen LogP contribution in [-0.4, -0.2) is 39.3 Å². The average molecular weight is 501 g/mol. The van der Waals surface area contributed by atoms with Crippen molar-refractivity contribution in [3.63, 3.8) is 0 Å². The molecule has 184 valence electrons. The molecular formula is C26H36N4O2S2. The highest BCUT2D eigenvalue weighted by Gasteiger charge is 2.33. The SMILES string of the molecule is CCCCCCCN1C(=O)C(=Cc2c(C)c(C#N)c(=O)n(CC)c2N2CCC(C)CC2)SC1=S. The summed E-state index contributed by atoms with van der Waals surface area (Å²) in [6.07, 6.45) is 9.57. The third-order valence-electron chi connectivity index (χ3n) is 6.88. The molecule has 0 spiro atoms. The number of amides is 1. The Morgan fingerprint density at radius 3 is 2.44 bits per heavy atom. The molecule has 0 saturated carbocycles. The van der Waals surface area contributed by atoms with Gasteiger partial charge in [-0.1, -0.05) is 63.5 Å². The first-order chi connectivity index (χ1) is 16.3. The summed E-state index contributed by atoms with van der Waals surface area (Å²) in [5.41, 5.74) is 1.31. The van der Waals surface area contributed by atoms with Crippen LogP contribution < -0.4 is 10.5 Å². The van der Waals surface area contributed by atoms with E-state index in [4.69, 9.17) is 12.2 Å². The summed E-state index contributed by atoms with van der Waals surface area (Å²) < 4.78 is 2.28. The van der Waals surface area contributed by atoms with Crippen LogP contribution in [0.25, 0.3) is 6.08 Å². The zero-order chi connectivity index (χ0) is 24.8. The number of hydrogen-bond acceptors (Lipinski definition) is 6. The van der Waals surface area contributed by atoms with E-state index in [0.717, 1.165) is 50.2 Å². The Morgan fingerprint density at radius 1 is 1.15 bits per heavy atom. The molecule has 0 aromatic carbocycles. The third-order valence-corrected chi connectivity index (χ3v) is 8.26. The van der Waals surface area contributed by atoms with Crippen molar-refractivity contribution in [2.75, 3.05) is 24.5 Å². The minimum Gasteiger partial charge on any atom is -0.357 e. The van der Waals surface area contributed by atoms with E-state index in [1.165, 1.54) is 31.0 Å². The number of piperidine rings is 1. The van der Waals surface area contributed by atoms with Gasteiger partial charge in [-0.3, -0.25) is 19.1 Å². The standard InChI is InChI=1S/C26H36N4O2S2/c1-5-7-8-9-10-13-30-25(32)22(34-26(30)33)16-20-19(4)21(17-27)24(31)29(6-2)23(20)28-14-11-18(3)12-15-28/h16,18H,5-15H2,1-4H3. The fraction of sp³-hybridized carbons (Fsp3) is 0.615. The number of anilines is 1. The van der Waals surface area contributed by atoms with Gasteiger partial charge in [-0.2, -0.15) is 5.26 Å². The number of pyridine rings is 1. The second kappa shape index (κ2) is 12.0. The van der Waals surface area contributed by atoms with Gasteiger partial charge in [0.2, 0.25) is 0 Å². The van der Waals surface area contributed by atoms with Crippen molar-refractivity contribution < 1.29 is 4.79 Å². The maximum Gasteiger partial charge on any atom is 0.270 e. The van der Waals surface area contributed by atoms with Crippen molar-refractivity contribution in [1.29, 1.82) is 5.26 Å². The molecule has 2 saturated heterocycles. The van der Waals surface area contributed by atoms with E-state index >= 15 is 0 Å². The maximum atomic E-state index is 13.3. The molecule has 3 heterocycles. The predicted molar refractivity (Wildman–Crippen MR) is 145 cm³/mol. The molecule has 0 bridgehead atoms. The van der Waals surface area contributed by atoms with E-state index in [0.29, 0.717) is 33.8 Å². The molecule has 0 atom stereocenters. The van der Waals surface area contributed by atoms with Gasteiger partial charge < -0.3 is 4.90 Å². The molecular weight excluding hydrogens is 464 g/mol. The Kier molecular flexibility index (Phi) is 9.38. The molecule has 8 heteroatoms. The number of carbonyl (C=O) groups is 1. The van der Waals surface area contributed by atoms with Crippen molar-refractivity contribution in [2.45, 2.75) is 79.2 Å². The van der Waals surface area contributed by atoms with Crippen molar-refractivity contribution in [3.8, 4) is 6.07 Å². The first-order valence-corrected chi connectivity index (χ1v) is 13.7. The lowest BCUT2D eigenvalue weighted by molar-refractivity contribution is -0.122. The lowest BCUT2D eigenvalue weighted by atomic mass is 9.97. The third kappa shape index (κ3) is 5.58. The summed E-state index contributed by atoms with van der Waals surface area (Å²) in [7, 11) is 0. The van der Waals surface area contributed by atoms with E-state index in [1.54, 1.807) is 9.47 Å². The van der Waals surface area contributed by atoms with E-state index in [2.05, 4.69) is 24.8 Å². The van der Waals surface area contributed by atoms with Crippen LogP contribution in [0.1, 0.15) is 82.4 Å². The van der Waals surface area contributed by atoms with Gasteiger partial charge in [-0.15, -0.1) is 0 Å². The summed E-state index contributed by atoms with van der Waals surface area (Å²) in [6.45, 7) is 11.0. The number of unbranched alkanes of at least 4 members (excludes halogenated alkanes) is 4. The molecule has 1 aromatic heterocycles. The largest absolute Gasteiger partial charge is 0.357 e. The summed E-state index contributed by atoms with van der Waals surface area (Å²) in [5.74, 6) is 1.39. The molecule has 6 nitrogen and oxygen atoms in total. The molecule has 0 unspecified atom stereocenters. The van der Waals surface area contributed by atoms with Crippen LogP contribution in [0.4, 0.5) is 5.82 Å². The summed E-state index contributed by atoms with van der Waals surface area (Å²) in [4.78, 5) is 30.9. The van der Waals surface area contributed by atoms with Crippen LogP contribution in [0.15, 0.2) is 9.70 Å². The molecule has 0 radical (unpaired) electrons. The van der Waals surface area contributed by atoms with Crippen LogP contribution in [0.5, 0.6) is 0 Å². The van der Waals surface area contributed by atoms with E-state index in [9.17, 15) is 14.9 Å². The van der Waals surface area contributed by atoms with Gasteiger partial charge in [-0.25, -0.2) is 0 Å². The smallest absolute Gasteiger partial charge is 0.270 e. The lowest BCUT2D eigenvalue weighted by Gasteiger charge is -2.35. The highest BCUT2D eigenvalue weighted by Crippen LogP contribution is 2.36. The van der Waals surface area contributed by atoms with Crippen LogP contribution >= 0.6 is 24.0 Å². The van der Waals surface area contributed by atoms with Gasteiger partial charge in [0.05, 0.1) is 4.91 Å². The molecule has 34 heavy (non-hydrogen) atoms. The number of hydrogen-bond donors (Lipinski definition) is 0. The van der Waals surface area contributed by atoms with Crippen LogP contribution in [0, 0.1) is 24.2 Å². The van der Waals surface area contributed by atoms with Gasteiger partial charge >= 0.3 is 0 Å². The number of carbonyl (C=O) groups excluding carboxylic acids is 1. The Balaban J connectivity index is 2.00. The second-order valence-corrected chi connectivity index (χ2v) is 11.0. The van der Waals surface area contributed by atoms with E-state index in [1.807, 2.05) is 19.9 Å². The van der Waals surface area contributed by atoms with Crippen LogP contribution in [0.2, 0.25) is 0 Å². The van der Waals surface area contributed by atoms with E-state index < -0.39 is 0 Å². The molecule has 2 fully saturated rings. The van der Waals surface area contributed by atoms with Gasteiger partial charge in [0.25, 0.3) is 11.5 Å². The Bertz CT molecular complexity index is 1060. The Hall–Kier alpha value is -2.11. The maximum absolute atomic E-state index is 13.3. The molecule has 0 N–H and O–H groups in total. The van der Waals surface area contributed by atoms with Crippen molar-refractivity contribution >= 4 is 46.1 Å². The molecule has 2 aliphatic rings. The monoisotopic (exact) mass is 500 g/mol. The van der Waals surface area contributed by atoms with Gasteiger partial charge in [0, 0.05) is 31.7 Å². The van der Waals surface area contributed by atoms with E-state index in [-0.39, 0.29) is 17.0 Å². The number of thioether (sulfide) groups is 1. The van der Waals surface area contributed by atoms with Gasteiger partial charge in [-0.05, 0) is 50.7 Å². The molecule has 2 aliphatic heterocycles. The summed E-state index contributed by atoms with van der Waals surface area (Å²) in [5, 5.41) is 9.74. The van der Waals surface area contributed by atoms with Gasteiger partial charge in [0.15, 0.2) is 0 Å². The molecule has 1 aromatic rings.